The Kier molecular flexibility index (Phi) is 4.42. The van der Waals surface area contributed by atoms with E-state index in [1.165, 1.54) is 11.1 Å². The molecule has 0 saturated carbocycles. The Morgan fingerprint density at radius 2 is 1.90 bits per heavy atom. The van der Waals surface area contributed by atoms with Gasteiger partial charge < -0.3 is 19.3 Å². The minimum absolute atomic E-state index is 0.0267. The summed E-state index contributed by atoms with van der Waals surface area (Å²) in [5, 5.41) is 0. The summed E-state index contributed by atoms with van der Waals surface area (Å²) in [6.07, 6.45) is 2.19. The smallest absolute Gasteiger partial charge is 0.232 e. The van der Waals surface area contributed by atoms with Crippen LogP contribution in [0.1, 0.15) is 24.0 Å². The van der Waals surface area contributed by atoms with E-state index < -0.39 is 0 Å². The Labute approximate surface area is 170 Å². The summed E-state index contributed by atoms with van der Waals surface area (Å²) in [4.78, 5) is 29.6. The molecule has 0 bridgehead atoms. The fourth-order valence-electron chi connectivity index (χ4n) is 4.50. The zero-order chi connectivity index (χ0) is 20.0. The quantitative estimate of drug-likeness (QED) is 0.788. The van der Waals surface area contributed by atoms with Gasteiger partial charge in [-0.3, -0.25) is 9.59 Å². The molecule has 5 rings (SSSR count). The first-order valence-electron chi connectivity index (χ1n) is 10.2. The molecule has 2 aromatic carbocycles. The maximum absolute atomic E-state index is 13.3. The highest BCUT2D eigenvalue weighted by atomic mass is 16.6. The average Bonchev–Trinajstić information content (AvgIpc) is 3.14. The molecule has 2 amide bonds. The molecule has 0 N–H and O–H groups in total. The SMILES string of the molecule is Cc1ccc2c(c1)CCCN2C(=O)C1CC(=O)N(c2ccc3c(c2)OCCO3)C1. The van der Waals surface area contributed by atoms with E-state index in [2.05, 4.69) is 13.0 Å². The Morgan fingerprint density at radius 1 is 1.07 bits per heavy atom. The van der Waals surface area contributed by atoms with Crippen molar-refractivity contribution in [2.75, 3.05) is 36.1 Å². The summed E-state index contributed by atoms with van der Waals surface area (Å²) in [6, 6.07) is 11.8. The number of fused-ring (bicyclic) bond motifs is 2. The van der Waals surface area contributed by atoms with Crippen molar-refractivity contribution < 1.29 is 19.1 Å². The van der Waals surface area contributed by atoms with E-state index in [1.54, 1.807) is 4.90 Å². The lowest BCUT2D eigenvalue weighted by Crippen LogP contribution is -2.40. The first-order chi connectivity index (χ1) is 14.1. The molecule has 3 aliphatic rings. The van der Waals surface area contributed by atoms with Gasteiger partial charge in [0.1, 0.15) is 13.2 Å². The largest absolute Gasteiger partial charge is 0.486 e. The molecule has 1 saturated heterocycles. The Bertz CT molecular complexity index is 987. The molecule has 29 heavy (non-hydrogen) atoms. The van der Waals surface area contributed by atoms with Crippen molar-refractivity contribution in [1.29, 1.82) is 0 Å². The third kappa shape index (κ3) is 3.22. The molecule has 3 aliphatic heterocycles. The van der Waals surface area contributed by atoms with Crippen molar-refractivity contribution in [3.8, 4) is 11.5 Å². The topological polar surface area (TPSA) is 59.1 Å². The summed E-state index contributed by atoms with van der Waals surface area (Å²) in [6.45, 7) is 4.21. The second-order valence-electron chi connectivity index (χ2n) is 7.96. The number of aryl methyl sites for hydroxylation is 2. The van der Waals surface area contributed by atoms with Crippen LogP contribution >= 0.6 is 0 Å². The van der Waals surface area contributed by atoms with Crippen LogP contribution in [0.5, 0.6) is 11.5 Å². The van der Waals surface area contributed by atoms with Gasteiger partial charge in [-0.15, -0.1) is 0 Å². The Balaban J connectivity index is 1.36. The number of anilines is 2. The highest BCUT2D eigenvalue weighted by Crippen LogP contribution is 2.37. The molecule has 0 aromatic heterocycles. The van der Waals surface area contributed by atoms with Crippen molar-refractivity contribution in [1.82, 2.24) is 0 Å². The first kappa shape index (κ1) is 18.0. The van der Waals surface area contributed by atoms with Crippen molar-refractivity contribution in [3.05, 3.63) is 47.5 Å². The predicted octanol–water partition coefficient (Wildman–Crippen LogP) is 3.10. The standard InChI is InChI=1S/C23H24N2O4/c1-15-4-6-19-16(11-15)3-2-8-24(19)23(27)17-12-22(26)25(14-17)18-5-7-20-21(13-18)29-10-9-28-20/h4-7,11,13,17H,2-3,8-10,12,14H2,1H3. The lowest BCUT2D eigenvalue weighted by molar-refractivity contribution is -0.124. The number of hydrogen-bond donors (Lipinski definition) is 0. The van der Waals surface area contributed by atoms with Gasteiger partial charge in [0, 0.05) is 37.0 Å². The lowest BCUT2D eigenvalue weighted by atomic mass is 9.97. The van der Waals surface area contributed by atoms with Crippen LogP contribution in [0, 0.1) is 12.8 Å². The molecule has 2 aromatic rings. The van der Waals surface area contributed by atoms with Crippen LogP contribution < -0.4 is 19.3 Å². The van der Waals surface area contributed by atoms with Gasteiger partial charge in [0.2, 0.25) is 11.8 Å². The minimum Gasteiger partial charge on any atom is -0.486 e. The number of benzene rings is 2. The van der Waals surface area contributed by atoms with Crippen molar-refractivity contribution in [2.45, 2.75) is 26.2 Å². The maximum atomic E-state index is 13.3. The van der Waals surface area contributed by atoms with Crippen LogP contribution in [0.4, 0.5) is 11.4 Å². The molecular weight excluding hydrogens is 368 g/mol. The summed E-state index contributed by atoms with van der Waals surface area (Å²) in [5.41, 5.74) is 4.18. The van der Waals surface area contributed by atoms with Crippen LogP contribution in [-0.2, 0) is 16.0 Å². The second-order valence-corrected chi connectivity index (χ2v) is 7.96. The number of ether oxygens (including phenoxy) is 2. The highest BCUT2D eigenvalue weighted by Gasteiger charge is 2.38. The van der Waals surface area contributed by atoms with Crippen LogP contribution in [0.25, 0.3) is 0 Å². The summed E-state index contributed by atoms with van der Waals surface area (Å²) < 4.78 is 11.2. The van der Waals surface area contributed by atoms with E-state index in [0.717, 1.165) is 24.2 Å². The van der Waals surface area contributed by atoms with E-state index in [-0.39, 0.29) is 24.2 Å². The van der Waals surface area contributed by atoms with Crippen LogP contribution in [0.2, 0.25) is 0 Å². The fraction of sp³-hybridized carbons (Fsp3) is 0.391. The molecule has 1 fully saturated rings. The average molecular weight is 392 g/mol. The maximum Gasteiger partial charge on any atom is 0.232 e. The zero-order valence-corrected chi connectivity index (χ0v) is 16.5. The molecule has 6 nitrogen and oxygen atoms in total. The fourth-order valence-corrected chi connectivity index (χ4v) is 4.50. The molecular formula is C23H24N2O4. The second kappa shape index (κ2) is 7.10. The van der Waals surface area contributed by atoms with Gasteiger partial charge in [-0.1, -0.05) is 17.7 Å². The van der Waals surface area contributed by atoms with Gasteiger partial charge in [-0.05, 0) is 43.5 Å². The van der Waals surface area contributed by atoms with Crippen molar-refractivity contribution in [3.63, 3.8) is 0 Å². The lowest BCUT2D eigenvalue weighted by Gasteiger charge is -2.31. The minimum atomic E-state index is -0.331. The molecule has 0 spiro atoms. The molecule has 0 radical (unpaired) electrons. The molecule has 6 heteroatoms. The molecule has 1 atom stereocenters. The Hall–Kier alpha value is -3.02. The van der Waals surface area contributed by atoms with Gasteiger partial charge >= 0.3 is 0 Å². The van der Waals surface area contributed by atoms with Gasteiger partial charge in [0.25, 0.3) is 0 Å². The normalized spacial score (nSPS) is 20.6. The van der Waals surface area contributed by atoms with E-state index in [0.29, 0.717) is 37.8 Å². The van der Waals surface area contributed by atoms with Gasteiger partial charge in [0.05, 0.1) is 5.92 Å². The summed E-state index contributed by atoms with van der Waals surface area (Å²) in [5.74, 6) is 1.03. The third-order valence-electron chi connectivity index (χ3n) is 5.93. The summed E-state index contributed by atoms with van der Waals surface area (Å²) in [7, 11) is 0. The van der Waals surface area contributed by atoms with Gasteiger partial charge in [-0.2, -0.15) is 0 Å². The number of carbonyl (C=O) groups excluding carboxylic acids is 2. The van der Waals surface area contributed by atoms with Crippen LogP contribution in [-0.4, -0.2) is 38.1 Å². The highest BCUT2D eigenvalue weighted by molar-refractivity contribution is 6.05. The predicted molar refractivity (Wildman–Crippen MR) is 110 cm³/mol. The van der Waals surface area contributed by atoms with Gasteiger partial charge in [0.15, 0.2) is 11.5 Å². The van der Waals surface area contributed by atoms with Crippen LogP contribution in [0.15, 0.2) is 36.4 Å². The van der Waals surface area contributed by atoms with E-state index in [4.69, 9.17) is 9.47 Å². The van der Waals surface area contributed by atoms with E-state index in [9.17, 15) is 9.59 Å². The number of hydrogen-bond acceptors (Lipinski definition) is 4. The molecule has 3 heterocycles. The zero-order valence-electron chi connectivity index (χ0n) is 16.5. The molecule has 0 aliphatic carbocycles. The van der Waals surface area contributed by atoms with E-state index in [1.807, 2.05) is 35.2 Å². The number of nitrogens with zero attached hydrogens (tertiary/aromatic N) is 2. The Morgan fingerprint density at radius 3 is 2.76 bits per heavy atom. The van der Waals surface area contributed by atoms with Crippen molar-refractivity contribution >= 4 is 23.2 Å². The molecule has 150 valence electrons. The summed E-state index contributed by atoms with van der Waals surface area (Å²) >= 11 is 0. The van der Waals surface area contributed by atoms with Gasteiger partial charge in [-0.25, -0.2) is 0 Å². The van der Waals surface area contributed by atoms with E-state index >= 15 is 0 Å². The number of amides is 2. The first-order valence-corrected chi connectivity index (χ1v) is 10.2. The number of rotatable bonds is 2. The monoisotopic (exact) mass is 392 g/mol. The van der Waals surface area contributed by atoms with Crippen molar-refractivity contribution in [2.24, 2.45) is 5.92 Å². The van der Waals surface area contributed by atoms with Crippen LogP contribution in [0.3, 0.4) is 0 Å². The molecule has 1 unspecified atom stereocenters. The third-order valence-corrected chi connectivity index (χ3v) is 5.93. The number of carbonyl (C=O) groups is 2.